The zero-order valence-electron chi connectivity index (χ0n) is 16.2. The maximum atomic E-state index is 13.5. The van der Waals surface area contributed by atoms with Crippen molar-refractivity contribution in [1.82, 2.24) is 4.98 Å². The largest absolute Gasteiger partial charge is 0.488 e. The molecule has 0 aliphatic rings. The summed E-state index contributed by atoms with van der Waals surface area (Å²) in [5.74, 6) is -0.341. The maximum Gasteiger partial charge on any atom is 0.426 e. The molecule has 0 saturated carbocycles. The molecular weight excluding hydrogens is 427 g/mol. The lowest BCUT2D eigenvalue weighted by atomic mass is 10.1. The number of carboxylic acids is 1. The number of aromatic nitrogens is 1. The Hall–Kier alpha value is -3.26. The molecule has 8 heteroatoms. The van der Waals surface area contributed by atoms with Crippen LogP contribution in [0.25, 0.3) is 22.0 Å². The first-order chi connectivity index (χ1) is 14.8. The van der Waals surface area contributed by atoms with Crippen LogP contribution >= 0.6 is 11.3 Å². The molecule has 2 aromatic carbocycles. The van der Waals surface area contributed by atoms with Crippen molar-refractivity contribution in [3.05, 3.63) is 76.1 Å². The Morgan fingerprint density at radius 2 is 1.84 bits per heavy atom. The maximum absolute atomic E-state index is 13.5. The summed E-state index contributed by atoms with van der Waals surface area (Å²) in [6.45, 7) is 0.0163. The molecule has 0 atom stereocenters. The first kappa shape index (κ1) is 21.0. The summed E-state index contributed by atoms with van der Waals surface area (Å²) in [5.41, 5.74) is 2.31. The number of hydrogen-bond donors (Lipinski definition) is 2. The number of ether oxygens (including phenoxy) is 1. The van der Waals surface area contributed by atoms with Gasteiger partial charge in [0.05, 0.1) is 6.42 Å². The fraction of sp³-hybridized carbons (Fsp3) is 0.174. The van der Waals surface area contributed by atoms with E-state index in [-0.39, 0.29) is 18.6 Å². The van der Waals surface area contributed by atoms with Crippen LogP contribution in [-0.4, -0.2) is 16.1 Å². The predicted octanol–water partition coefficient (Wildman–Crippen LogP) is 6.51. The summed E-state index contributed by atoms with van der Waals surface area (Å²) in [7, 11) is 0. The zero-order chi connectivity index (χ0) is 22.0. The van der Waals surface area contributed by atoms with Crippen molar-refractivity contribution >= 4 is 28.2 Å². The van der Waals surface area contributed by atoms with Gasteiger partial charge in [0.1, 0.15) is 17.2 Å². The van der Waals surface area contributed by atoms with E-state index in [2.05, 4.69) is 4.98 Å². The number of aromatic amines is 1. The second kappa shape index (κ2) is 8.47. The number of carboxylic acid groups (broad SMARTS) is 1. The highest BCUT2D eigenvalue weighted by Crippen LogP contribution is 2.43. The molecule has 4 aromatic rings. The highest BCUT2D eigenvalue weighted by molar-refractivity contribution is 7.12. The fourth-order valence-electron chi connectivity index (χ4n) is 3.35. The Kier molecular flexibility index (Phi) is 5.73. The van der Waals surface area contributed by atoms with Gasteiger partial charge in [-0.05, 0) is 42.3 Å². The molecule has 4 nitrogen and oxygen atoms in total. The van der Waals surface area contributed by atoms with E-state index in [0.29, 0.717) is 33.9 Å². The van der Waals surface area contributed by atoms with Crippen LogP contribution in [0, 0.1) is 0 Å². The molecule has 0 saturated heterocycles. The van der Waals surface area contributed by atoms with E-state index in [1.54, 1.807) is 48.5 Å². The van der Waals surface area contributed by atoms with Gasteiger partial charge in [-0.1, -0.05) is 30.3 Å². The van der Waals surface area contributed by atoms with Gasteiger partial charge >= 0.3 is 12.1 Å². The van der Waals surface area contributed by atoms with Gasteiger partial charge in [-0.3, -0.25) is 4.79 Å². The number of rotatable bonds is 7. The number of H-pyrrole nitrogens is 1. The molecule has 2 heterocycles. The number of aryl methyl sites for hydroxylation is 1. The van der Waals surface area contributed by atoms with Crippen molar-refractivity contribution in [3.63, 3.8) is 0 Å². The first-order valence-corrected chi connectivity index (χ1v) is 10.3. The normalized spacial score (nSPS) is 11.7. The standard InChI is InChI=1S/C23H18F3NO3S/c24-23(25,26)22-19(14-4-2-1-3-5-14)12-18(31-22)13-30-17-7-8-20-15(11-17)10-16(27-20)6-9-21(28)29/h1-5,7-8,10-12,27H,6,9,13H2,(H,28,29). The molecule has 0 spiro atoms. The van der Waals surface area contributed by atoms with Crippen molar-refractivity contribution < 1.29 is 27.8 Å². The SMILES string of the molecule is O=C(O)CCc1cc2cc(OCc3cc(-c4ccccc4)c(C(F)(F)F)s3)ccc2[nH]1. The van der Waals surface area contributed by atoms with Crippen LogP contribution in [0.3, 0.4) is 0 Å². The Bertz CT molecular complexity index is 1210. The van der Waals surface area contributed by atoms with Gasteiger partial charge in [-0.2, -0.15) is 13.2 Å². The highest BCUT2D eigenvalue weighted by Gasteiger charge is 2.36. The number of hydrogen-bond acceptors (Lipinski definition) is 3. The van der Waals surface area contributed by atoms with Gasteiger partial charge < -0.3 is 14.8 Å². The summed E-state index contributed by atoms with van der Waals surface area (Å²) in [6.07, 6.45) is -4.03. The smallest absolute Gasteiger partial charge is 0.426 e. The third-order valence-corrected chi connectivity index (χ3v) is 5.92. The predicted molar refractivity (Wildman–Crippen MR) is 113 cm³/mol. The monoisotopic (exact) mass is 445 g/mol. The van der Waals surface area contributed by atoms with E-state index in [4.69, 9.17) is 9.84 Å². The highest BCUT2D eigenvalue weighted by atomic mass is 32.1. The van der Waals surface area contributed by atoms with Crippen molar-refractivity contribution in [2.24, 2.45) is 0 Å². The van der Waals surface area contributed by atoms with Crippen molar-refractivity contribution in [3.8, 4) is 16.9 Å². The molecule has 2 N–H and O–H groups in total. The Labute approximate surface area is 179 Å². The fourth-order valence-corrected chi connectivity index (χ4v) is 4.31. The number of nitrogens with one attached hydrogen (secondary N) is 1. The summed E-state index contributed by atoms with van der Waals surface area (Å²) in [4.78, 5) is 13.7. The minimum absolute atomic E-state index is 0.0163. The molecular formula is C23H18F3NO3S. The lowest BCUT2D eigenvalue weighted by molar-refractivity contribution is -0.137. The average molecular weight is 445 g/mol. The number of alkyl halides is 3. The molecule has 0 aliphatic carbocycles. The van der Waals surface area contributed by atoms with E-state index < -0.39 is 17.0 Å². The Morgan fingerprint density at radius 1 is 1.06 bits per heavy atom. The summed E-state index contributed by atoms with van der Waals surface area (Å²) >= 11 is 0.686. The van der Waals surface area contributed by atoms with Crippen LogP contribution in [0.2, 0.25) is 0 Å². The second-order valence-corrected chi connectivity index (χ2v) is 8.18. The second-order valence-electron chi connectivity index (χ2n) is 7.05. The molecule has 0 aliphatic heterocycles. The molecule has 2 aromatic heterocycles. The number of aliphatic carboxylic acids is 1. The van der Waals surface area contributed by atoms with E-state index in [1.165, 1.54) is 6.07 Å². The number of fused-ring (bicyclic) bond motifs is 1. The Balaban J connectivity index is 1.53. The van der Waals surface area contributed by atoms with Crippen molar-refractivity contribution in [2.75, 3.05) is 0 Å². The minimum Gasteiger partial charge on any atom is -0.488 e. The summed E-state index contributed by atoms with van der Waals surface area (Å²) < 4.78 is 46.3. The quantitative estimate of drug-likeness (QED) is 0.341. The lowest BCUT2D eigenvalue weighted by Crippen LogP contribution is -2.03. The topological polar surface area (TPSA) is 62.3 Å². The van der Waals surface area contributed by atoms with Gasteiger partial charge in [0.15, 0.2) is 0 Å². The third-order valence-electron chi connectivity index (χ3n) is 4.76. The molecule has 0 amide bonds. The first-order valence-electron chi connectivity index (χ1n) is 9.51. The molecule has 160 valence electrons. The third kappa shape index (κ3) is 4.91. The molecule has 31 heavy (non-hydrogen) atoms. The van der Waals surface area contributed by atoms with Gasteiger partial charge in [-0.25, -0.2) is 0 Å². The van der Waals surface area contributed by atoms with Crippen LogP contribution in [0.5, 0.6) is 5.75 Å². The molecule has 0 unspecified atom stereocenters. The van der Waals surface area contributed by atoms with Crippen LogP contribution in [0.15, 0.2) is 60.7 Å². The average Bonchev–Trinajstić information content (AvgIpc) is 3.35. The summed E-state index contributed by atoms with van der Waals surface area (Å²) in [6, 6.07) is 17.2. The number of carbonyl (C=O) groups is 1. The van der Waals surface area contributed by atoms with Crippen LogP contribution in [-0.2, 0) is 24.0 Å². The number of benzene rings is 2. The van der Waals surface area contributed by atoms with E-state index in [0.717, 1.165) is 16.6 Å². The van der Waals surface area contributed by atoms with Crippen LogP contribution in [0.4, 0.5) is 13.2 Å². The number of halogens is 3. The summed E-state index contributed by atoms with van der Waals surface area (Å²) in [5, 5.41) is 9.66. The molecule has 0 bridgehead atoms. The van der Waals surface area contributed by atoms with Gasteiger partial charge in [0, 0.05) is 27.0 Å². The Morgan fingerprint density at radius 3 is 2.55 bits per heavy atom. The lowest BCUT2D eigenvalue weighted by Gasteiger charge is -2.07. The van der Waals surface area contributed by atoms with Gasteiger partial charge in [0.25, 0.3) is 0 Å². The number of thiophene rings is 1. The zero-order valence-corrected chi connectivity index (χ0v) is 17.0. The van der Waals surface area contributed by atoms with Gasteiger partial charge in [0.2, 0.25) is 0 Å². The molecule has 4 rings (SSSR count). The van der Waals surface area contributed by atoms with Crippen molar-refractivity contribution in [1.29, 1.82) is 0 Å². The minimum atomic E-state index is -4.44. The van der Waals surface area contributed by atoms with E-state index in [1.807, 2.05) is 6.07 Å². The van der Waals surface area contributed by atoms with Gasteiger partial charge in [-0.15, -0.1) is 11.3 Å². The van der Waals surface area contributed by atoms with Crippen LogP contribution < -0.4 is 4.74 Å². The molecule has 0 fully saturated rings. The molecule has 0 radical (unpaired) electrons. The van der Waals surface area contributed by atoms with Crippen molar-refractivity contribution in [2.45, 2.75) is 25.6 Å². The van der Waals surface area contributed by atoms with E-state index in [9.17, 15) is 18.0 Å². The van der Waals surface area contributed by atoms with E-state index >= 15 is 0 Å². The van der Waals surface area contributed by atoms with Crippen LogP contribution in [0.1, 0.15) is 21.9 Å².